The predicted octanol–water partition coefficient (Wildman–Crippen LogP) is 6.37. The Hall–Kier alpha value is -2.02. The molecule has 1 aliphatic rings. The van der Waals surface area contributed by atoms with Gasteiger partial charge in [-0.25, -0.2) is 0 Å². The summed E-state index contributed by atoms with van der Waals surface area (Å²) in [5.74, 6) is 0.169. The fourth-order valence-electron chi connectivity index (χ4n) is 3.19. The summed E-state index contributed by atoms with van der Waals surface area (Å²) in [6.07, 6.45) is 21.0. The van der Waals surface area contributed by atoms with Gasteiger partial charge in [-0.1, -0.05) is 75.5 Å². The second-order valence-corrected chi connectivity index (χ2v) is 5.62. The molecule has 0 aromatic heterocycles. The Kier molecular flexibility index (Phi) is 7.45. The summed E-state index contributed by atoms with van der Waals surface area (Å²) < 4.78 is 0. The smallest absolute Gasteiger partial charge is 0.114 e. The highest BCUT2D eigenvalue weighted by Gasteiger charge is 2.36. The second-order valence-electron chi connectivity index (χ2n) is 5.62. The average Bonchev–Trinajstić information content (AvgIpc) is 2.56. The fraction of sp³-hybridized carbons (Fsp3) is 0.333. The molecule has 22 heavy (non-hydrogen) atoms. The summed E-state index contributed by atoms with van der Waals surface area (Å²) in [5, 5.41) is 9.64. The Bertz CT molecular complexity index is 520. The SMILES string of the molecule is C=C/C(O)=C\C=C(/C=C)C1(/C(C=C)=C/C=C\C)CCCCC1. The van der Waals surface area contributed by atoms with E-state index >= 15 is 0 Å². The van der Waals surface area contributed by atoms with Crippen LogP contribution in [0, 0.1) is 5.41 Å². The van der Waals surface area contributed by atoms with Gasteiger partial charge in [0.2, 0.25) is 0 Å². The second kappa shape index (κ2) is 9.09. The zero-order chi connectivity index (χ0) is 16.4. The van der Waals surface area contributed by atoms with Gasteiger partial charge in [-0.05, 0) is 43.1 Å². The molecule has 0 spiro atoms. The lowest BCUT2D eigenvalue weighted by Gasteiger charge is -2.40. The van der Waals surface area contributed by atoms with Gasteiger partial charge in [0.05, 0.1) is 0 Å². The van der Waals surface area contributed by atoms with Crippen molar-refractivity contribution in [2.45, 2.75) is 39.0 Å². The summed E-state index contributed by atoms with van der Waals surface area (Å²) in [5.41, 5.74) is 2.30. The van der Waals surface area contributed by atoms with Gasteiger partial charge in [0.15, 0.2) is 0 Å². The number of aliphatic hydroxyl groups excluding tert-OH is 1. The van der Waals surface area contributed by atoms with E-state index in [1.165, 1.54) is 30.9 Å². The molecule has 0 heterocycles. The fourth-order valence-corrected chi connectivity index (χ4v) is 3.19. The molecule has 0 radical (unpaired) electrons. The topological polar surface area (TPSA) is 20.2 Å². The number of rotatable bonds is 7. The van der Waals surface area contributed by atoms with Gasteiger partial charge in [-0.15, -0.1) is 0 Å². The van der Waals surface area contributed by atoms with Crippen LogP contribution in [0.4, 0.5) is 0 Å². The van der Waals surface area contributed by atoms with Crippen LogP contribution in [0.1, 0.15) is 39.0 Å². The van der Waals surface area contributed by atoms with Gasteiger partial charge in [0.25, 0.3) is 0 Å². The van der Waals surface area contributed by atoms with Crippen LogP contribution in [0.5, 0.6) is 0 Å². The quantitative estimate of drug-likeness (QED) is 0.428. The molecule has 0 aromatic rings. The van der Waals surface area contributed by atoms with Crippen molar-refractivity contribution in [3.05, 3.63) is 85.3 Å². The van der Waals surface area contributed by atoms with E-state index in [4.69, 9.17) is 0 Å². The van der Waals surface area contributed by atoms with E-state index in [0.717, 1.165) is 18.4 Å². The van der Waals surface area contributed by atoms with Crippen LogP contribution in [0.2, 0.25) is 0 Å². The highest BCUT2D eigenvalue weighted by atomic mass is 16.3. The van der Waals surface area contributed by atoms with Crippen LogP contribution in [-0.2, 0) is 0 Å². The van der Waals surface area contributed by atoms with Crippen molar-refractivity contribution in [3.8, 4) is 0 Å². The van der Waals surface area contributed by atoms with Crippen molar-refractivity contribution in [1.82, 2.24) is 0 Å². The first kappa shape index (κ1) is 18.0. The van der Waals surface area contributed by atoms with E-state index in [9.17, 15) is 5.11 Å². The Morgan fingerprint density at radius 1 is 0.864 bits per heavy atom. The van der Waals surface area contributed by atoms with Crippen molar-refractivity contribution < 1.29 is 5.11 Å². The largest absolute Gasteiger partial charge is 0.508 e. The molecular formula is C21H28O. The normalized spacial score (nSPS) is 20.0. The lowest BCUT2D eigenvalue weighted by molar-refractivity contribution is 0.301. The molecule has 118 valence electrons. The lowest BCUT2D eigenvalue weighted by Crippen LogP contribution is -2.27. The van der Waals surface area contributed by atoms with Crippen molar-refractivity contribution in [2.24, 2.45) is 5.41 Å². The van der Waals surface area contributed by atoms with Gasteiger partial charge >= 0.3 is 0 Å². The molecule has 0 aliphatic heterocycles. The van der Waals surface area contributed by atoms with E-state index in [1.54, 1.807) is 6.08 Å². The van der Waals surface area contributed by atoms with Crippen LogP contribution in [-0.4, -0.2) is 5.11 Å². The Balaban J connectivity index is 3.38. The van der Waals surface area contributed by atoms with Crippen LogP contribution < -0.4 is 0 Å². The highest BCUT2D eigenvalue weighted by molar-refractivity contribution is 5.44. The maximum atomic E-state index is 9.64. The molecule has 0 amide bonds. The van der Waals surface area contributed by atoms with Crippen molar-refractivity contribution >= 4 is 0 Å². The molecule has 0 bridgehead atoms. The van der Waals surface area contributed by atoms with E-state index < -0.39 is 0 Å². The lowest BCUT2D eigenvalue weighted by atomic mass is 9.64. The minimum atomic E-state index is -0.0563. The summed E-state index contributed by atoms with van der Waals surface area (Å²) in [6.45, 7) is 13.6. The average molecular weight is 296 g/mol. The van der Waals surface area contributed by atoms with E-state index in [2.05, 4.69) is 31.9 Å². The molecular weight excluding hydrogens is 268 g/mol. The molecule has 1 aliphatic carbocycles. The Labute approximate surface area is 135 Å². The number of aliphatic hydroxyl groups is 1. The number of hydrogen-bond acceptors (Lipinski definition) is 1. The van der Waals surface area contributed by atoms with Crippen LogP contribution in [0.25, 0.3) is 0 Å². The maximum absolute atomic E-state index is 9.64. The molecule has 0 aromatic carbocycles. The molecule has 1 nitrogen and oxygen atoms in total. The summed E-state index contributed by atoms with van der Waals surface area (Å²) in [7, 11) is 0. The monoisotopic (exact) mass is 296 g/mol. The van der Waals surface area contributed by atoms with E-state index in [1.807, 2.05) is 31.2 Å². The number of allylic oxidation sites excluding steroid dienone is 10. The van der Waals surface area contributed by atoms with Crippen LogP contribution >= 0.6 is 0 Å². The minimum Gasteiger partial charge on any atom is -0.508 e. The molecule has 0 saturated heterocycles. The molecule has 1 rings (SSSR count). The summed E-state index contributed by atoms with van der Waals surface area (Å²) in [4.78, 5) is 0. The molecule has 0 unspecified atom stereocenters. The first-order chi connectivity index (χ1) is 10.6. The Morgan fingerprint density at radius 2 is 1.45 bits per heavy atom. The van der Waals surface area contributed by atoms with Gasteiger partial charge in [0, 0.05) is 5.41 Å². The number of hydrogen-bond donors (Lipinski definition) is 1. The maximum Gasteiger partial charge on any atom is 0.114 e. The molecule has 1 N–H and O–H groups in total. The van der Waals surface area contributed by atoms with Crippen molar-refractivity contribution in [3.63, 3.8) is 0 Å². The molecule has 1 fully saturated rings. The minimum absolute atomic E-state index is 0.0563. The zero-order valence-corrected chi connectivity index (χ0v) is 13.7. The first-order valence-electron chi connectivity index (χ1n) is 7.96. The third-order valence-electron chi connectivity index (χ3n) is 4.36. The van der Waals surface area contributed by atoms with Crippen molar-refractivity contribution in [2.75, 3.05) is 0 Å². The predicted molar refractivity (Wildman–Crippen MR) is 97.8 cm³/mol. The van der Waals surface area contributed by atoms with Gasteiger partial charge in [0.1, 0.15) is 5.76 Å². The van der Waals surface area contributed by atoms with E-state index in [-0.39, 0.29) is 11.2 Å². The zero-order valence-electron chi connectivity index (χ0n) is 13.7. The van der Waals surface area contributed by atoms with Gasteiger partial charge in [-0.3, -0.25) is 0 Å². The van der Waals surface area contributed by atoms with Crippen molar-refractivity contribution in [1.29, 1.82) is 0 Å². The summed E-state index contributed by atoms with van der Waals surface area (Å²) in [6, 6.07) is 0. The molecule has 1 saturated carbocycles. The third kappa shape index (κ3) is 4.24. The molecule has 0 atom stereocenters. The van der Waals surface area contributed by atoms with E-state index in [0.29, 0.717) is 0 Å². The van der Waals surface area contributed by atoms with Crippen LogP contribution in [0.15, 0.2) is 85.3 Å². The Morgan fingerprint density at radius 3 is 1.95 bits per heavy atom. The standard InChI is InChI=1S/C21H28O/c1-5-9-13-18(6-2)21(16-11-10-12-17-21)19(7-3)14-15-20(22)8-4/h5-9,13-15,22H,2-4,10-12,16-17H2,1H3/b9-5-,18-13+,19-14+,20-15+. The van der Waals surface area contributed by atoms with Gasteiger partial charge in [-0.2, -0.15) is 0 Å². The highest BCUT2D eigenvalue weighted by Crippen LogP contribution is 2.49. The first-order valence-corrected chi connectivity index (χ1v) is 7.96. The van der Waals surface area contributed by atoms with Crippen LogP contribution in [0.3, 0.4) is 0 Å². The summed E-state index contributed by atoms with van der Waals surface area (Å²) >= 11 is 0. The molecule has 1 heteroatoms. The third-order valence-corrected chi connectivity index (χ3v) is 4.36. The van der Waals surface area contributed by atoms with Gasteiger partial charge < -0.3 is 5.11 Å².